The molecule has 1 heterocycles. The van der Waals surface area contributed by atoms with E-state index in [1.807, 2.05) is 13.8 Å². The number of hydrogen-bond donors (Lipinski definition) is 2. The number of alkyl halides is 3. The molecule has 3 aromatic rings. The topological polar surface area (TPSA) is 105 Å². The van der Waals surface area contributed by atoms with E-state index in [4.69, 9.17) is 23.2 Å². The SMILES string of the molecule is Cc1ccc(CC(=O)NC(C)C)cc1C(=O)c1ncc(Cl)cc1NS(=O)(=O)c1ccc(Cl)c(C(F)(F)F)c1. The molecule has 0 aliphatic carbocycles. The number of carbonyl (C=O) groups is 2. The Morgan fingerprint density at radius 3 is 2.37 bits per heavy atom. The maximum Gasteiger partial charge on any atom is 0.417 e. The van der Waals surface area contributed by atoms with E-state index in [0.29, 0.717) is 17.2 Å². The predicted octanol–water partition coefficient (Wildman–Crippen LogP) is 5.81. The third-order valence-electron chi connectivity index (χ3n) is 5.23. The molecule has 7 nitrogen and oxygen atoms in total. The third-order valence-corrected chi connectivity index (χ3v) is 7.13. The van der Waals surface area contributed by atoms with Crippen molar-refractivity contribution < 1.29 is 31.2 Å². The molecule has 0 saturated heterocycles. The van der Waals surface area contributed by atoms with Gasteiger partial charge in [0.2, 0.25) is 11.7 Å². The molecule has 2 N–H and O–H groups in total. The molecule has 0 spiro atoms. The molecule has 0 saturated carbocycles. The number of rotatable bonds is 8. The van der Waals surface area contributed by atoms with Crippen LogP contribution in [0.15, 0.2) is 53.6 Å². The molecule has 3 rings (SSSR count). The molecule has 1 aromatic heterocycles. The molecule has 0 atom stereocenters. The summed E-state index contributed by atoms with van der Waals surface area (Å²) < 4.78 is 67.9. The minimum Gasteiger partial charge on any atom is -0.354 e. The first-order chi connectivity index (χ1) is 17.6. The fraction of sp³-hybridized carbons (Fsp3) is 0.240. The van der Waals surface area contributed by atoms with Crippen LogP contribution >= 0.6 is 23.2 Å². The Balaban J connectivity index is 2.00. The highest BCUT2D eigenvalue weighted by atomic mass is 35.5. The molecule has 38 heavy (non-hydrogen) atoms. The van der Waals surface area contributed by atoms with Crippen LogP contribution in [-0.4, -0.2) is 31.1 Å². The Labute approximate surface area is 227 Å². The van der Waals surface area contributed by atoms with Crippen LogP contribution in [0.25, 0.3) is 0 Å². The van der Waals surface area contributed by atoms with Crippen molar-refractivity contribution in [3.63, 3.8) is 0 Å². The van der Waals surface area contributed by atoms with Gasteiger partial charge in [-0.2, -0.15) is 13.2 Å². The fourth-order valence-corrected chi connectivity index (χ4v) is 4.97. The van der Waals surface area contributed by atoms with Crippen molar-refractivity contribution in [3.05, 3.63) is 86.7 Å². The Morgan fingerprint density at radius 1 is 1.05 bits per heavy atom. The van der Waals surface area contributed by atoms with Gasteiger partial charge >= 0.3 is 6.18 Å². The lowest BCUT2D eigenvalue weighted by Crippen LogP contribution is -2.31. The van der Waals surface area contributed by atoms with Crippen LogP contribution < -0.4 is 10.0 Å². The molecule has 0 radical (unpaired) electrons. The number of nitrogens with one attached hydrogen (secondary N) is 2. The minimum absolute atomic E-state index is 0.00434. The number of amides is 1. The summed E-state index contributed by atoms with van der Waals surface area (Å²) in [5, 5.41) is 2.06. The van der Waals surface area contributed by atoms with Gasteiger partial charge in [-0.25, -0.2) is 13.4 Å². The third kappa shape index (κ3) is 7.03. The Kier molecular flexibility index (Phi) is 8.75. The number of halogens is 5. The molecule has 0 bridgehead atoms. The second kappa shape index (κ2) is 11.3. The van der Waals surface area contributed by atoms with Gasteiger partial charge in [-0.05, 0) is 62.2 Å². The summed E-state index contributed by atoms with van der Waals surface area (Å²) >= 11 is 11.6. The number of sulfonamides is 1. The lowest BCUT2D eigenvalue weighted by molar-refractivity contribution is -0.137. The van der Waals surface area contributed by atoms with Crippen LogP contribution in [0.3, 0.4) is 0 Å². The summed E-state index contributed by atoms with van der Waals surface area (Å²) in [6, 6.07) is 7.97. The molecule has 2 aromatic carbocycles. The summed E-state index contributed by atoms with van der Waals surface area (Å²) in [6.45, 7) is 5.27. The van der Waals surface area contributed by atoms with Crippen LogP contribution in [0.4, 0.5) is 18.9 Å². The molecule has 202 valence electrons. The van der Waals surface area contributed by atoms with Gasteiger partial charge in [0.05, 0.1) is 32.6 Å². The van der Waals surface area contributed by atoms with Crippen molar-refractivity contribution in [1.82, 2.24) is 10.3 Å². The summed E-state index contributed by atoms with van der Waals surface area (Å²) in [7, 11) is -4.63. The van der Waals surface area contributed by atoms with Crippen molar-refractivity contribution in [3.8, 4) is 0 Å². The zero-order chi connectivity index (χ0) is 28.4. The van der Waals surface area contributed by atoms with E-state index >= 15 is 0 Å². The maximum absolute atomic E-state index is 13.5. The van der Waals surface area contributed by atoms with Crippen molar-refractivity contribution in [2.75, 3.05) is 4.72 Å². The highest BCUT2D eigenvalue weighted by Crippen LogP contribution is 2.36. The van der Waals surface area contributed by atoms with Gasteiger partial charge < -0.3 is 5.32 Å². The summed E-state index contributed by atoms with van der Waals surface area (Å²) in [6.07, 6.45) is -3.76. The molecule has 0 aliphatic heterocycles. The first-order valence-electron chi connectivity index (χ1n) is 11.1. The van der Waals surface area contributed by atoms with E-state index in [2.05, 4.69) is 15.0 Å². The highest BCUT2D eigenvalue weighted by Gasteiger charge is 2.35. The van der Waals surface area contributed by atoms with Gasteiger partial charge in [0.1, 0.15) is 5.69 Å². The van der Waals surface area contributed by atoms with Gasteiger partial charge in [-0.3, -0.25) is 14.3 Å². The molecule has 1 amide bonds. The average Bonchev–Trinajstić information content (AvgIpc) is 2.78. The van der Waals surface area contributed by atoms with E-state index < -0.39 is 37.5 Å². The highest BCUT2D eigenvalue weighted by molar-refractivity contribution is 7.92. The van der Waals surface area contributed by atoms with E-state index in [1.165, 1.54) is 6.07 Å². The van der Waals surface area contributed by atoms with Crippen molar-refractivity contribution in [2.24, 2.45) is 0 Å². The number of carbonyl (C=O) groups excluding carboxylic acids is 2. The monoisotopic (exact) mass is 587 g/mol. The van der Waals surface area contributed by atoms with Gasteiger partial charge in [-0.15, -0.1) is 0 Å². The average molecular weight is 588 g/mol. The lowest BCUT2D eigenvalue weighted by Gasteiger charge is -2.15. The Morgan fingerprint density at radius 2 is 1.74 bits per heavy atom. The smallest absolute Gasteiger partial charge is 0.354 e. The number of ketones is 1. The Bertz CT molecular complexity index is 1510. The van der Waals surface area contributed by atoms with E-state index in [0.717, 1.165) is 24.4 Å². The van der Waals surface area contributed by atoms with Gasteiger partial charge in [0.15, 0.2) is 0 Å². The molecule has 13 heteroatoms. The van der Waals surface area contributed by atoms with E-state index in [9.17, 15) is 31.2 Å². The summed E-state index contributed by atoms with van der Waals surface area (Å²) in [4.78, 5) is 28.9. The Hall–Kier alpha value is -3.15. The largest absolute Gasteiger partial charge is 0.417 e. The van der Waals surface area contributed by atoms with Gasteiger partial charge in [0.25, 0.3) is 10.0 Å². The summed E-state index contributed by atoms with van der Waals surface area (Å²) in [5.41, 5.74) is -0.796. The molecule has 0 unspecified atom stereocenters. The summed E-state index contributed by atoms with van der Waals surface area (Å²) in [5.74, 6) is -0.934. The van der Waals surface area contributed by atoms with Crippen LogP contribution in [0, 0.1) is 6.92 Å². The zero-order valence-corrected chi connectivity index (χ0v) is 22.6. The van der Waals surface area contributed by atoms with Crippen molar-refractivity contribution in [2.45, 2.75) is 44.3 Å². The van der Waals surface area contributed by atoms with Crippen LogP contribution in [0.5, 0.6) is 0 Å². The zero-order valence-electron chi connectivity index (χ0n) is 20.3. The van der Waals surface area contributed by atoms with E-state index in [-0.39, 0.29) is 40.3 Å². The number of pyridine rings is 1. The maximum atomic E-state index is 13.5. The number of anilines is 1. The number of benzene rings is 2. The lowest BCUT2D eigenvalue weighted by atomic mass is 9.97. The molecular weight excluding hydrogens is 566 g/mol. The predicted molar refractivity (Wildman–Crippen MR) is 138 cm³/mol. The molecular formula is C25H22Cl2F3N3O4S. The fourth-order valence-electron chi connectivity index (χ4n) is 3.50. The second-order valence-corrected chi connectivity index (χ2v) is 11.2. The standard InChI is InChI=1S/C25H22Cl2F3N3O4S/c1-13(2)32-22(34)9-15-5-4-14(3)18(8-15)24(35)23-21(10-16(26)12-31-23)33-38(36,37)17-6-7-20(27)19(11-17)25(28,29)30/h4-8,10-13,33H,9H2,1-3H3,(H,32,34). The van der Waals surface area contributed by atoms with Gasteiger partial charge in [-0.1, -0.05) is 35.3 Å². The number of nitrogens with zero attached hydrogens (tertiary/aromatic N) is 1. The van der Waals surface area contributed by atoms with Crippen LogP contribution in [0.2, 0.25) is 10.0 Å². The number of hydrogen-bond acceptors (Lipinski definition) is 5. The first-order valence-corrected chi connectivity index (χ1v) is 13.3. The first kappa shape index (κ1) is 29.4. The van der Waals surface area contributed by atoms with Crippen molar-refractivity contribution >= 4 is 50.6 Å². The van der Waals surface area contributed by atoms with Crippen molar-refractivity contribution in [1.29, 1.82) is 0 Å². The van der Waals surface area contributed by atoms with E-state index in [1.54, 1.807) is 19.1 Å². The number of aryl methyl sites for hydroxylation is 1. The normalized spacial score (nSPS) is 11.9. The quantitative estimate of drug-likeness (QED) is 0.323. The molecule has 0 aliphatic rings. The van der Waals surface area contributed by atoms with Crippen LogP contribution in [0.1, 0.15) is 46.6 Å². The van der Waals surface area contributed by atoms with Crippen LogP contribution in [-0.2, 0) is 27.4 Å². The second-order valence-electron chi connectivity index (χ2n) is 8.67. The number of aromatic nitrogens is 1. The van der Waals surface area contributed by atoms with Gasteiger partial charge in [0, 0.05) is 17.8 Å². The molecule has 0 fully saturated rings. The minimum atomic E-state index is -4.89.